The van der Waals surface area contributed by atoms with Crippen molar-refractivity contribution in [3.8, 4) is 0 Å². The van der Waals surface area contributed by atoms with Crippen molar-refractivity contribution in [2.24, 2.45) is 0 Å². The Kier molecular flexibility index (Phi) is 6.11. The molecule has 1 N–H and O–H groups in total. The van der Waals surface area contributed by atoms with Gasteiger partial charge in [0.25, 0.3) is 0 Å². The lowest BCUT2D eigenvalue weighted by Gasteiger charge is -2.27. The van der Waals surface area contributed by atoms with Gasteiger partial charge in [-0.15, -0.1) is 0 Å². The molecule has 0 radical (unpaired) electrons. The van der Waals surface area contributed by atoms with E-state index < -0.39 is 5.97 Å². The maximum absolute atomic E-state index is 10.8. The molecule has 20 heavy (non-hydrogen) atoms. The lowest BCUT2D eigenvalue weighted by atomic mass is 9.92. The molecule has 0 saturated carbocycles. The zero-order valence-electron chi connectivity index (χ0n) is 13.1. The number of hydrogen-bond acceptors (Lipinski definition) is 3. The van der Waals surface area contributed by atoms with Crippen molar-refractivity contribution in [1.82, 2.24) is 9.55 Å². The fraction of sp³-hybridized carbons (Fsp3) is 0.733. The van der Waals surface area contributed by atoms with Crippen LogP contribution in [0.1, 0.15) is 65.6 Å². The standard InChI is InChI=1S/C15H26N2O2S/c1-6-8-11(7-2)17-12(15(3,4)5)9-16-14(17)20-10-13(18)19/h9,11H,6-8,10H2,1-5H3,(H,18,19). The number of carboxylic acid groups (broad SMARTS) is 1. The molecule has 0 fully saturated rings. The van der Waals surface area contributed by atoms with Crippen LogP contribution in [0.25, 0.3) is 0 Å². The van der Waals surface area contributed by atoms with Crippen molar-refractivity contribution < 1.29 is 9.90 Å². The third-order valence-electron chi connectivity index (χ3n) is 3.31. The highest BCUT2D eigenvalue weighted by Gasteiger charge is 2.25. The number of imidazole rings is 1. The van der Waals surface area contributed by atoms with Crippen molar-refractivity contribution in [3.63, 3.8) is 0 Å². The van der Waals surface area contributed by atoms with Gasteiger partial charge in [0, 0.05) is 23.3 Å². The monoisotopic (exact) mass is 298 g/mol. The number of aromatic nitrogens is 2. The van der Waals surface area contributed by atoms with Crippen LogP contribution in [0.5, 0.6) is 0 Å². The summed E-state index contributed by atoms with van der Waals surface area (Å²) in [7, 11) is 0. The summed E-state index contributed by atoms with van der Waals surface area (Å²) >= 11 is 1.31. The normalized spacial score (nSPS) is 13.4. The van der Waals surface area contributed by atoms with Crippen molar-refractivity contribution in [2.45, 2.75) is 70.5 Å². The first-order valence-corrected chi connectivity index (χ1v) is 8.22. The van der Waals surface area contributed by atoms with Gasteiger partial charge in [-0.2, -0.15) is 0 Å². The fourth-order valence-electron chi connectivity index (χ4n) is 2.33. The van der Waals surface area contributed by atoms with E-state index >= 15 is 0 Å². The molecule has 1 aromatic heterocycles. The fourth-order valence-corrected chi connectivity index (χ4v) is 3.10. The molecular weight excluding hydrogens is 272 g/mol. The minimum atomic E-state index is -0.801. The molecular formula is C15H26N2O2S. The highest BCUT2D eigenvalue weighted by Crippen LogP contribution is 2.33. The van der Waals surface area contributed by atoms with E-state index in [2.05, 4.69) is 44.2 Å². The molecule has 4 nitrogen and oxygen atoms in total. The van der Waals surface area contributed by atoms with E-state index in [1.807, 2.05) is 6.20 Å². The summed E-state index contributed by atoms with van der Waals surface area (Å²) in [5.41, 5.74) is 1.20. The smallest absolute Gasteiger partial charge is 0.313 e. The minimum absolute atomic E-state index is 0.0101. The Bertz CT molecular complexity index is 449. The van der Waals surface area contributed by atoms with Crippen molar-refractivity contribution in [2.75, 3.05) is 5.75 Å². The second kappa shape index (κ2) is 7.16. The van der Waals surface area contributed by atoms with Crippen LogP contribution < -0.4 is 0 Å². The number of thioether (sulfide) groups is 1. The molecule has 1 aromatic rings. The Morgan fingerprint density at radius 1 is 1.45 bits per heavy atom. The first-order chi connectivity index (χ1) is 9.31. The third-order valence-corrected chi connectivity index (χ3v) is 4.27. The summed E-state index contributed by atoms with van der Waals surface area (Å²) in [6.45, 7) is 10.9. The Balaban J connectivity index is 3.17. The van der Waals surface area contributed by atoms with Gasteiger partial charge >= 0.3 is 5.97 Å². The minimum Gasteiger partial charge on any atom is -0.481 e. The van der Waals surface area contributed by atoms with Gasteiger partial charge in [0.2, 0.25) is 0 Å². The number of aliphatic carboxylic acids is 1. The molecule has 0 aliphatic rings. The predicted molar refractivity (Wildman–Crippen MR) is 83.5 cm³/mol. The van der Waals surface area contributed by atoms with E-state index in [0.717, 1.165) is 24.4 Å². The van der Waals surface area contributed by atoms with E-state index in [0.29, 0.717) is 6.04 Å². The van der Waals surface area contributed by atoms with Crippen molar-refractivity contribution in [1.29, 1.82) is 0 Å². The van der Waals surface area contributed by atoms with E-state index in [4.69, 9.17) is 5.11 Å². The zero-order chi connectivity index (χ0) is 15.3. The molecule has 5 heteroatoms. The summed E-state index contributed by atoms with van der Waals surface area (Å²) in [6.07, 6.45) is 5.15. The quantitative estimate of drug-likeness (QED) is 0.770. The SMILES string of the molecule is CCCC(CC)n1c(C(C)(C)C)cnc1SCC(=O)O. The molecule has 0 aromatic carbocycles. The Labute approximate surface area is 126 Å². The predicted octanol–water partition coefficient (Wildman–Crippen LogP) is 4.11. The average molecular weight is 298 g/mol. The molecule has 1 rings (SSSR count). The molecule has 0 saturated heterocycles. The van der Waals surface area contributed by atoms with Crippen LogP contribution in [0.4, 0.5) is 0 Å². The van der Waals surface area contributed by atoms with Crippen LogP contribution in [0.15, 0.2) is 11.4 Å². The first kappa shape index (κ1) is 17.1. The van der Waals surface area contributed by atoms with Crippen LogP contribution in [0.2, 0.25) is 0 Å². The summed E-state index contributed by atoms with van der Waals surface area (Å²) in [6, 6.07) is 0.396. The van der Waals surface area contributed by atoms with Crippen molar-refractivity contribution in [3.05, 3.63) is 11.9 Å². The van der Waals surface area contributed by atoms with Crippen LogP contribution in [-0.2, 0) is 10.2 Å². The van der Waals surface area contributed by atoms with Crippen LogP contribution in [0.3, 0.4) is 0 Å². The van der Waals surface area contributed by atoms with E-state index in [9.17, 15) is 4.79 Å². The van der Waals surface area contributed by atoms with Gasteiger partial charge in [-0.1, -0.05) is 52.8 Å². The van der Waals surface area contributed by atoms with Gasteiger partial charge < -0.3 is 9.67 Å². The zero-order valence-corrected chi connectivity index (χ0v) is 14.0. The maximum Gasteiger partial charge on any atom is 0.313 e. The van der Waals surface area contributed by atoms with Crippen LogP contribution >= 0.6 is 11.8 Å². The van der Waals surface area contributed by atoms with E-state index in [-0.39, 0.29) is 11.2 Å². The Morgan fingerprint density at radius 3 is 2.55 bits per heavy atom. The molecule has 0 aliphatic carbocycles. The highest BCUT2D eigenvalue weighted by atomic mass is 32.2. The second-order valence-corrected chi connectivity index (χ2v) is 7.02. The largest absolute Gasteiger partial charge is 0.481 e. The number of carboxylic acids is 1. The number of nitrogens with zero attached hydrogens (tertiary/aromatic N) is 2. The molecule has 0 amide bonds. The number of rotatable bonds is 7. The van der Waals surface area contributed by atoms with E-state index in [1.54, 1.807) is 0 Å². The molecule has 0 aliphatic heterocycles. The number of hydrogen-bond donors (Lipinski definition) is 1. The molecule has 1 atom stereocenters. The van der Waals surface area contributed by atoms with Gasteiger partial charge in [-0.25, -0.2) is 4.98 Å². The number of carbonyl (C=O) groups is 1. The van der Waals surface area contributed by atoms with Gasteiger partial charge in [-0.3, -0.25) is 4.79 Å². The summed E-state index contributed by atoms with van der Waals surface area (Å²) in [5.74, 6) is -0.742. The topological polar surface area (TPSA) is 55.1 Å². The van der Waals surface area contributed by atoms with Gasteiger partial charge in [-0.05, 0) is 12.8 Å². The summed E-state index contributed by atoms with van der Waals surface area (Å²) in [5, 5.41) is 9.70. The molecule has 1 unspecified atom stereocenters. The van der Waals surface area contributed by atoms with Gasteiger partial charge in [0.1, 0.15) is 0 Å². The third kappa shape index (κ3) is 4.27. The summed E-state index contributed by atoms with van der Waals surface area (Å²) < 4.78 is 2.26. The lowest BCUT2D eigenvalue weighted by molar-refractivity contribution is -0.133. The Morgan fingerprint density at radius 2 is 2.10 bits per heavy atom. The van der Waals surface area contributed by atoms with E-state index in [1.165, 1.54) is 17.5 Å². The molecule has 1 heterocycles. The summed E-state index contributed by atoms with van der Waals surface area (Å²) in [4.78, 5) is 15.3. The van der Waals surface area contributed by atoms with Gasteiger partial charge in [0.05, 0.1) is 5.75 Å². The first-order valence-electron chi connectivity index (χ1n) is 7.23. The van der Waals surface area contributed by atoms with Crippen LogP contribution in [-0.4, -0.2) is 26.4 Å². The second-order valence-electron chi connectivity index (χ2n) is 6.08. The maximum atomic E-state index is 10.8. The van der Waals surface area contributed by atoms with Crippen molar-refractivity contribution >= 4 is 17.7 Å². The molecule has 0 bridgehead atoms. The highest BCUT2D eigenvalue weighted by molar-refractivity contribution is 7.99. The molecule has 114 valence electrons. The lowest BCUT2D eigenvalue weighted by Crippen LogP contribution is -2.21. The van der Waals surface area contributed by atoms with Gasteiger partial charge in [0.15, 0.2) is 5.16 Å². The van der Waals surface area contributed by atoms with Crippen LogP contribution in [0, 0.1) is 0 Å². The molecule has 0 spiro atoms. The Hall–Kier alpha value is -0.970. The average Bonchev–Trinajstić information content (AvgIpc) is 2.76.